The Morgan fingerprint density at radius 2 is 1.77 bits per heavy atom. The number of benzene rings is 1. The molecule has 0 fully saturated rings. The zero-order valence-electron chi connectivity index (χ0n) is 16.2. The van der Waals surface area contributed by atoms with Crippen molar-refractivity contribution in [3.63, 3.8) is 0 Å². The van der Waals surface area contributed by atoms with Crippen molar-refractivity contribution >= 4 is 11.8 Å². The number of hydrogen-bond donors (Lipinski definition) is 0. The monoisotopic (exact) mass is 422 g/mol. The number of aryl methyl sites for hydroxylation is 2. The molecule has 3 rings (SSSR count). The molecule has 10 heteroatoms. The maximum Gasteiger partial charge on any atom is 0.573 e. The predicted molar refractivity (Wildman–Crippen MR) is 97.8 cm³/mol. The van der Waals surface area contributed by atoms with Gasteiger partial charge in [-0.05, 0) is 51.1 Å². The first-order chi connectivity index (χ1) is 14.0. The molecule has 0 N–H and O–H groups in total. The third-order valence-electron chi connectivity index (χ3n) is 4.23. The van der Waals surface area contributed by atoms with Crippen LogP contribution in [0.2, 0.25) is 0 Å². The first-order valence-corrected chi connectivity index (χ1v) is 8.74. The molecule has 0 bridgehead atoms. The summed E-state index contributed by atoms with van der Waals surface area (Å²) in [5.74, 6) is -0.598. The van der Waals surface area contributed by atoms with Gasteiger partial charge in [0.25, 0.3) is 0 Å². The maximum absolute atomic E-state index is 12.5. The predicted octanol–water partition coefficient (Wildman–Crippen LogP) is 4.33. The van der Waals surface area contributed by atoms with Crippen molar-refractivity contribution in [2.45, 2.75) is 27.1 Å². The third-order valence-corrected chi connectivity index (χ3v) is 4.23. The van der Waals surface area contributed by atoms with Gasteiger partial charge in [0, 0.05) is 23.0 Å². The maximum atomic E-state index is 12.5. The van der Waals surface area contributed by atoms with Gasteiger partial charge in [-0.1, -0.05) is 5.16 Å². The van der Waals surface area contributed by atoms with Gasteiger partial charge in [0.1, 0.15) is 11.5 Å². The van der Waals surface area contributed by atoms with Crippen LogP contribution in [0.5, 0.6) is 5.75 Å². The van der Waals surface area contributed by atoms with E-state index in [2.05, 4.69) is 9.89 Å². The largest absolute Gasteiger partial charge is 0.573 e. The van der Waals surface area contributed by atoms with Gasteiger partial charge in [-0.3, -0.25) is 9.36 Å². The lowest BCUT2D eigenvalue weighted by Gasteiger charge is -2.09. The Morgan fingerprint density at radius 3 is 2.33 bits per heavy atom. The molecule has 0 unspecified atom stereocenters. The van der Waals surface area contributed by atoms with Crippen LogP contribution in [0.4, 0.5) is 13.2 Å². The molecule has 2 aromatic heterocycles. The molecule has 0 spiro atoms. The van der Waals surface area contributed by atoms with E-state index in [9.17, 15) is 22.8 Å². The average Bonchev–Trinajstić information content (AvgIpc) is 3.21. The smallest absolute Gasteiger partial charge is 0.454 e. The van der Waals surface area contributed by atoms with Crippen LogP contribution in [0.3, 0.4) is 0 Å². The Labute approximate surface area is 169 Å². The number of Topliss-reactive ketones (excluding diaryl/α,β-unsaturated/α-hetero) is 1. The number of esters is 1. The van der Waals surface area contributed by atoms with E-state index in [0.717, 1.165) is 30.0 Å². The van der Waals surface area contributed by atoms with E-state index in [1.54, 1.807) is 37.5 Å². The van der Waals surface area contributed by atoms with E-state index < -0.39 is 30.5 Å². The molecule has 1 aromatic carbocycles. The summed E-state index contributed by atoms with van der Waals surface area (Å²) in [5.41, 5.74) is 1.70. The number of ketones is 1. The number of ether oxygens (including phenoxy) is 2. The summed E-state index contributed by atoms with van der Waals surface area (Å²) in [4.78, 5) is 24.6. The van der Waals surface area contributed by atoms with Crippen LogP contribution in [-0.2, 0) is 4.74 Å². The number of rotatable bonds is 6. The van der Waals surface area contributed by atoms with Crippen LogP contribution >= 0.6 is 0 Å². The molecule has 0 radical (unpaired) electrons. The number of hydrogen-bond acceptors (Lipinski definition) is 6. The molecule has 7 nitrogen and oxygen atoms in total. The highest BCUT2D eigenvalue weighted by atomic mass is 19.4. The quantitative estimate of drug-likeness (QED) is 0.434. The Balaban J connectivity index is 1.66. The van der Waals surface area contributed by atoms with Crippen molar-refractivity contribution in [3.8, 4) is 11.6 Å². The molecule has 2 heterocycles. The van der Waals surface area contributed by atoms with Crippen LogP contribution in [0.25, 0.3) is 5.82 Å². The molecule has 0 amide bonds. The second-order valence-electron chi connectivity index (χ2n) is 6.49. The summed E-state index contributed by atoms with van der Waals surface area (Å²) in [6, 6.07) is 7.58. The molecule has 0 aliphatic rings. The van der Waals surface area contributed by atoms with Gasteiger partial charge in [-0.15, -0.1) is 13.2 Å². The standard InChI is InChI=1S/C20H17F3N2O5/c1-11-8-16(13(3)25(11)18-9-12(2)30-24-18)17(26)10-28-19(27)14-4-6-15(7-5-14)29-20(21,22)23/h4-9H,10H2,1-3H3. The van der Waals surface area contributed by atoms with Crippen molar-refractivity contribution in [2.24, 2.45) is 0 Å². The molecule has 0 aliphatic carbocycles. The summed E-state index contributed by atoms with van der Waals surface area (Å²) < 4.78 is 52.1. The fourth-order valence-electron chi connectivity index (χ4n) is 2.94. The normalized spacial score (nSPS) is 11.4. The van der Waals surface area contributed by atoms with Crippen LogP contribution in [-0.4, -0.2) is 34.4 Å². The molecule has 0 saturated carbocycles. The van der Waals surface area contributed by atoms with Gasteiger partial charge < -0.3 is 14.0 Å². The van der Waals surface area contributed by atoms with Crippen LogP contribution in [0.1, 0.15) is 37.9 Å². The zero-order valence-corrected chi connectivity index (χ0v) is 16.2. The van der Waals surface area contributed by atoms with Gasteiger partial charge in [0.2, 0.25) is 5.78 Å². The Bertz CT molecular complexity index is 1080. The number of nitrogens with zero attached hydrogens (tertiary/aromatic N) is 2. The van der Waals surface area contributed by atoms with E-state index in [0.29, 0.717) is 22.8 Å². The molecule has 158 valence electrons. The van der Waals surface area contributed by atoms with Crippen LogP contribution in [0.15, 0.2) is 40.9 Å². The van der Waals surface area contributed by atoms with Gasteiger partial charge in [-0.25, -0.2) is 4.79 Å². The number of halogens is 3. The zero-order chi connectivity index (χ0) is 22.1. The van der Waals surface area contributed by atoms with Crippen molar-refractivity contribution in [2.75, 3.05) is 6.61 Å². The number of aromatic nitrogens is 2. The van der Waals surface area contributed by atoms with Crippen molar-refractivity contribution in [1.82, 2.24) is 9.72 Å². The fraction of sp³-hybridized carbons (Fsp3) is 0.250. The highest BCUT2D eigenvalue weighted by Crippen LogP contribution is 2.23. The molecule has 30 heavy (non-hydrogen) atoms. The first kappa shape index (κ1) is 21.2. The Kier molecular flexibility index (Phi) is 5.68. The lowest BCUT2D eigenvalue weighted by molar-refractivity contribution is -0.274. The summed E-state index contributed by atoms with van der Waals surface area (Å²) >= 11 is 0. The third kappa shape index (κ3) is 4.70. The average molecular weight is 422 g/mol. The number of carbonyl (C=O) groups excluding carboxylic acids is 2. The highest BCUT2D eigenvalue weighted by molar-refractivity contribution is 6.00. The lowest BCUT2D eigenvalue weighted by Crippen LogP contribution is -2.17. The molecule has 0 aliphatic heterocycles. The van der Waals surface area contributed by atoms with E-state index >= 15 is 0 Å². The van der Waals surface area contributed by atoms with E-state index in [-0.39, 0.29) is 5.56 Å². The molecular formula is C20H17F3N2O5. The Morgan fingerprint density at radius 1 is 1.10 bits per heavy atom. The fourth-order valence-corrected chi connectivity index (χ4v) is 2.94. The summed E-state index contributed by atoms with van der Waals surface area (Å²) in [5, 5.41) is 3.93. The van der Waals surface area contributed by atoms with Crippen molar-refractivity contribution < 1.29 is 36.8 Å². The van der Waals surface area contributed by atoms with Crippen molar-refractivity contribution in [1.29, 1.82) is 0 Å². The van der Waals surface area contributed by atoms with Gasteiger partial charge in [0.05, 0.1) is 5.56 Å². The van der Waals surface area contributed by atoms with Gasteiger partial charge in [0.15, 0.2) is 12.4 Å². The van der Waals surface area contributed by atoms with E-state index in [1.165, 1.54) is 0 Å². The van der Waals surface area contributed by atoms with Gasteiger partial charge in [-0.2, -0.15) is 0 Å². The lowest BCUT2D eigenvalue weighted by atomic mass is 10.1. The summed E-state index contributed by atoms with van der Waals surface area (Å²) in [6.45, 7) is 4.75. The number of alkyl halides is 3. The summed E-state index contributed by atoms with van der Waals surface area (Å²) in [7, 11) is 0. The first-order valence-electron chi connectivity index (χ1n) is 8.74. The second-order valence-corrected chi connectivity index (χ2v) is 6.49. The van der Waals surface area contributed by atoms with E-state index in [1.807, 2.05) is 0 Å². The second kappa shape index (κ2) is 8.05. The SMILES string of the molecule is Cc1cc(-n2c(C)cc(C(=O)COC(=O)c3ccc(OC(F)(F)F)cc3)c2C)no1. The van der Waals surface area contributed by atoms with Gasteiger partial charge >= 0.3 is 12.3 Å². The van der Waals surface area contributed by atoms with Crippen LogP contribution in [0, 0.1) is 20.8 Å². The van der Waals surface area contributed by atoms with Crippen LogP contribution < -0.4 is 4.74 Å². The topological polar surface area (TPSA) is 83.6 Å². The minimum atomic E-state index is -4.83. The van der Waals surface area contributed by atoms with E-state index in [4.69, 9.17) is 9.26 Å². The number of carbonyl (C=O) groups is 2. The van der Waals surface area contributed by atoms with Crippen molar-refractivity contribution in [3.05, 3.63) is 64.7 Å². The molecule has 0 saturated heterocycles. The Hall–Kier alpha value is -3.56. The molecule has 3 aromatic rings. The molecular weight excluding hydrogens is 405 g/mol. The summed E-state index contributed by atoms with van der Waals surface area (Å²) in [6.07, 6.45) is -4.83. The minimum Gasteiger partial charge on any atom is -0.454 e. The molecule has 0 atom stereocenters. The highest BCUT2D eigenvalue weighted by Gasteiger charge is 2.31. The minimum absolute atomic E-state index is 0.0131.